The minimum Gasteiger partial charge on any atom is -0.340 e. The molecule has 0 bridgehead atoms. The lowest BCUT2D eigenvalue weighted by molar-refractivity contribution is -0.129. The first-order valence-corrected chi connectivity index (χ1v) is 8.00. The third kappa shape index (κ3) is 3.55. The smallest absolute Gasteiger partial charge is 0.219 e. The van der Waals surface area contributed by atoms with Crippen molar-refractivity contribution in [3.8, 4) is 11.3 Å². The molecule has 0 N–H and O–H groups in total. The van der Waals surface area contributed by atoms with Gasteiger partial charge in [-0.05, 0) is 49.9 Å². The molecule has 23 heavy (non-hydrogen) atoms. The van der Waals surface area contributed by atoms with Gasteiger partial charge in [-0.2, -0.15) is 10.2 Å². The van der Waals surface area contributed by atoms with Crippen molar-refractivity contribution in [2.45, 2.75) is 38.6 Å². The van der Waals surface area contributed by atoms with Crippen LogP contribution in [-0.4, -0.2) is 33.6 Å². The minimum atomic E-state index is -0.294. The molecule has 0 radical (unpaired) electrons. The van der Waals surface area contributed by atoms with E-state index >= 15 is 0 Å². The fraction of sp³-hybridized carbons (Fsp3) is 0.389. The predicted molar refractivity (Wildman–Crippen MR) is 86.2 cm³/mol. The maximum absolute atomic E-state index is 13.7. The molecular weight excluding hydrogens is 293 g/mol. The number of rotatable bonds is 4. The van der Waals surface area contributed by atoms with Crippen molar-refractivity contribution in [3.63, 3.8) is 0 Å². The summed E-state index contributed by atoms with van der Waals surface area (Å²) in [7, 11) is 0. The maximum atomic E-state index is 13.7. The molecule has 1 saturated heterocycles. The van der Waals surface area contributed by atoms with E-state index < -0.39 is 0 Å². The highest BCUT2D eigenvalue weighted by atomic mass is 19.1. The molecule has 2 aromatic rings. The number of hydrogen-bond donors (Lipinski definition) is 0. The summed E-state index contributed by atoms with van der Waals surface area (Å²) in [5, 5.41) is 8.35. The number of benzene rings is 1. The molecule has 0 aliphatic carbocycles. The van der Waals surface area contributed by atoms with Crippen LogP contribution in [0.15, 0.2) is 36.4 Å². The fourth-order valence-electron chi connectivity index (χ4n) is 3.17. The molecule has 1 aromatic heterocycles. The van der Waals surface area contributed by atoms with Crippen LogP contribution < -0.4 is 0 Å². The van der Waals surface area contributed by atoms with Gasteiger partial charge >= 0.3 is 0 Å². The van der Waals surface area contributed by atoms with Crippen molar-refractivity contribution >= 4 is 5.91 Å². The topological polar surface area (TPSA) is 46.1 Å². The number of aryl methyl sites for hydroxylation is 1. The summed E-state index contributed by atoms with van der Waals surface area (Å²) in [6, 6.07) is 10.6. The summed E-state index contributed by atoms with van der Waals surface area (Å²) in [5.74, 6) is -0.147. The first-order valence-electron chi connectivity index (χ1n) is 8.00. The van der Waals surface area contributed by atoms with Crippen LogP contribution in [0, 0.1) is 5.82 Å². The Balaban J connectivity index is 1.64. The molecule has 4 nitrogen and oxygen atoms in total. The third-order valence-electron chi connectivity index (χ3n) is 4.38. The van der Waals surface area contributed by atoms with Gasteiger partial charge in [-0.25, -0.2) is 4.39 Å². The molecule has 1 fully saturated rings. The highest BCUT2D eigenvalue weighted by Gasteiger charge is 2.26. The maximum Gasteiger partial charge on any atom is 0.219 e. The molecular formula is C18H20FN3O. The van der Waals surface area contributed by atoms with E-state index in [2.05, 4.69) is 10.2 Å². The van der Waals surface area contributed by atoms with Crippen molar-refractivity contribution in [2.75, 3.05) is 6.54 Å². The lowest BCUT2D eigenvalue weighted by Gasteiger charge is -2.22. The average molecular weight is 313 g/mol. The van der Waals surface area contributed by atoms with Gasteiger partial charge < -0.3 is 4.90 Å². The van der Waals surface area contributed by atoms with Crippen molar-refractivity contribution in [2.24, 2.45) is 0 Å². The molecule has 2 heterocycles. The van der Waals surface area contributed by atoms with E-state index in [0.29, 0.717) is 17.3 Å². The number of likely N-dealkylation sites (tertiary alicyclic amines) is 1. The summed E-state index contributed by atoms with van der Waals surface area (Å²) in [6.07, 6.45) is 3.80. The van der Waals surface area contributed by atoms with Gasteiger partial charge in [0, 0.05) is 25.1 Å². The zero-order valence-corrected chi connectivity index (χ0v) is 13.2. The van der Waals surface area contributed by atoms with Gasteiger partial charge in [-0.3, -0.25) is 4.79 Å². The Morgan fingerprint density at radius 3 is 2.78 bits per heavy atom. The Morgan fingerprint density at radius 1 is 1.26 bits per heavy atom. The van der Waals surface area contributed by atoms with E-state index in [1.807, 2.05) is 11.0 Å². The lowest BCUT2D eigenvalue weighted by Crippen LogP contribution is -2.33. The van der Waals surface area contributed by atoms with Gasteiger partial charge in [0.15, 0.2) is 0 Å². The van der Waals surface area contributed by atoms with Crippen molar-refractivity contribution in [1.29, 1.82) is 0 Å². The summed E-state index contributed by atoms with van der Waals surface area (Å²) in [6.45, 7) is 2.49. The quantitative estimate of drug-likeness (QED) is 0.870. The molecule has 1 atom stereocenters. The monoisotopic (exact) mass is 313 g/mol. The van der Waals surface area contributed by atoms with Crippen LogP contribution >= 0.6 is 0 Å². The van der Waals surface area contributed by atoms with Crippen LogP contribution in [0.3, 0.4) is 0 Å². The minimum absolute atomic E-state index is 0.147. The van der Waals surface area contributed by atoms with E-state index in [1.54, 1.807) is 31.2 Å². The predicted octanol–water partition coefficient (Wildman–Crippen LogP) is 3.23. The average Bonchev–Trinajstić information content (AvgIpc) is 3.03. The molecule has 1 aliphatic heterocycles. The van der Waals surface area contributed by atoms with E-state index in [9.17, 15) is 9.18 Å². The second-order valence-corrected chi connectivity index (χ2v) is 5.94. The molecule has 5 heteroatoms. The Morgan fingerprint density at radius 2 is 2.09 bits per heavy atom. The summed E-state index contributed by atoms with van der Waals surface area (Å²) >= 11 is 0. The normalized spacial score (nSPS) is 17.5. The van der Waals surface area contributed by atoms with Crippen LogP contribution in [0.25, 0.3) is 11.3 Å². The Kier molecular flexibility index (Phi) is 4.65. The number of hydrogen-bond acceptors (Lipinski definition) is 3. The van der Waals surface area contributed by atoms with Crippen LogP contribution in [0.5, 0.6) is 0 Å². The van der Waals surface area contributed by atoms with Crippen molar-refractivity contribution in [3.05, 3.63) is 47.9 Å². The molecule has 1 aromatic carbocycles. The molecule has 0 spiro atoms. The number of aromatic nitrogens is 2. The van der Waals surface area contributed by atoms with Gasteiger partial charge in [-0.1, -0.05) is 12.1 Å². The third-order valence-corrected chi connectivity index (χ3v) is 4.38. The van der Waals surface area contributed by atoms with Crippen LogP contribution in [-0.2, 0) is 11.2 Å². The van der Waals surface area contributed by atoms with Gasteiger partial charge in [0.25, 0.3) is 0 Å². The molecule has 3 rings (SSSR count). The van der Waals surface area contributed by atoms with E-state index in [1.165, 1.54) is 6.07 Å². The number of halogens is 1. The van der Waals surface area contributed by atoms with Gasteiger partial charge in [-0.15, -0.1) is 0 Å². The fourth-order valence-corrected chi connectivity index (χ4v) is 3.17. The van der Waals surface area contributed by atoms with Gasteiger partial charge in [0.05, 0.1) is 11.4 Å². The van der Waals surface area contributed by atoms with Crippen LogP contribution in [0.2, 0.25) is 0 Å². The van der Waals surface area contributed by atoms with Crippen molar-refractivity contribution < 1.29 is 9.18 Å². The summed E-state index contributed by atoms with van der Waals surface area (Å²) in [4.78, 5) is 13.5. The molecule has 120 valence electrons. The van der Waals surface area contributed by atoms with E-state index in [0.717, 1.165) is 37.9 Å². The second-order valence-electron chi connectivity index (χ2n) is 5.94. The second kappa shape index (κ2) is 6.86. The lowest BCUT2D eigenvalue weighted by atomic mass is 10.1. The van der Waals surface area contributed by atoms with Crippen LogP contribution in [0.4, 0.5) is 4.39 Å². The van der Waals surface area contributed by atoms with E-state index in [4.69, 9.17) is 0 Å². The number of carbonyl (C=O) groups is 1. The van der Waals surface area contributed by atoms with Crippen LogP contribution in [0.1, 0.15) is 31.9 Å². The standard InChI is InChI=1S/C18H20FN3O/c1-13(23)22-12-4-5-15(22)10-8-14-9-11-18(21-20-14)16-6-2-3-7-17(16)19/h2-3,6-7,9,11,15H,4-5,8,10,12H2,1H3. The van der Waals surface area contributed by atoms with E-state index in [-0.39, 0.29) is 11.7 Å². The Labute approximate surface area is 135 Å². The Bertz CT molecular complexity index is 687. The Hall–Kier alpha value is -2.30. The summed E-state index contributed by atoms with van der Waals surface area (Å²) < 4.78 is 13.7. The molecule has 1 aliphatic rings. The highest BCUT2D eigenvalue weighted by Crippen LogP contribution is 2.23. The molecule has 0 saturated carbocycles. The zero-order chi connectivity index (χ0) is 16.2. The largest absolute Gasteiger partial charge is 0.340 e. The highest BCUT2D eigenvalue weighted by molar-refractivity contribution is 5.73. The number of nitrogens with zero attached hydrogens (tertiary/aromatic N) is 3. The first-order chi connectivity index (χ1) is 11.1. The molecule has 1 unspecified atom stereocenters. The zero-order valence-electron chi connectivity index (χ0n) is 13.2. The SMILES string of the molecule is CC(=O)N1CCCC1CCc1ccc(-c2ccccc2F)nn1. The van der Waals surface area contributed by atoms with Crippen molar-refractivity contribution in [1.82, 2.24) is 15.1 Å². The first kappa shape index (κ1) is 15.6. The number of carbonyl (C=O) groups excluding carboxylic acids is 1. The number of amides is 1. The van der Waals surface area contributed by atoms with Gasteiger partial charge in [0.1, 0.15) is 5.82 Å². The van der Waals surface area contributed by atoms with Gasteiger partial charge in [0.2, 0.25) is 5.91 Å². The summed E-state index contributed by atoms with van der Waals surface area (Å²) in [5.41, 5.74) is 1.88. The molecule has 1 amide bonds.